The molecule has 1 unspecified atom stereocenters. The largest absolute Gasteiger partial charge is 0.341 e. The molecule has 2 N–H and O–H groups in total. The third-order valence-electron chi connectivity index (χ3n) is 3.35. The van der Waals surface area contributed by atoms with E-state index in [0.29, 0.717) is 12.2 Å². The van der Waals surface area contributed by atoms with Crippen LogP contribution in [0.1, 0.15) is 16.1 Å². The van der Waals surface area contributed by atoms with Gasteiger partial charge in [0, 0.05) is 11.9 Å². The molecule has 1 aliphatic rings. The Bertz CT molecular complexity index is 675. The van der Waals surface area contributed by atoms with E-state index in [-0.39, 0.29) is 11.8 Å². The van der Waals surface area contributed by atoms with Crippen molar-refractivity contribution in [2.45, 2.75) is 19.5 Å². The molecule has 0 saturated heterocycles. The number of aromatic nitrogens is 1. The first kappa shape index (κ1) is 12.5. The average molecular weight is 269 g/mol. The fraction of sp³-hybridized carbons (Fsp3) is 0.200. The molecule has 0 spiro atoms. The second-order valence-electron chi connectivity index (χ2n) is 4.93. The zero-order valence-corrected chi connectivity index (χ0v) is 11.1. The van der Waals surface area contributed by atoms with Gasteiger partial charge in [0.1, 0.15) is 11.7 Å². The molecule has 1 aliphatic heterocycles. The van der Waals surface area contributed by atoms with Crippen molar-refractivity contribution in [2.75, 3.05) is 5.32 Å². The van der Waals surface area contributed by atoms with Crippen molar-refractivity contribution in [3.05, 3.63) is 53.9 Å². The van der Waals surface area contributed by atoms with Gasteiger partial charge in [-0.25, -0.2) is 0 Å². The van der Waals surface area contributed by atoms with E-state index in [9.17, 15) is 9.59 Å². The minimum Gasteiger partial charge on any atom is -0.341 e. The molecule has 3 rings (SSSR count). The topological polar surface area (TPSA) is 63.1 Å². The smallest absolute Gasteiger partial charge is 0.268 e. The van der Waals surface area contributed by atoms with Crippen LogP contribution in [0.15, 0.2) is 42.6 Å². The molecule has 2 amide bonds. The van der Waals surface area contributed by atoms with Gasteiger partial charge in [-0.3, -0.25) is 9.59 Å². The molecule has 1 aromatic heterocycles. The Morgan fingerprint density at radius 2 is 2.20 bits per heavy atom. The third-order valence-corrected chi connectivity index (χ3v) is 3.35. The van der Waals surface area contributed by atoms with Crippen molar-refractivity contribution in [2.24, 2.45) is 0 Å². The summed E-state index contributed by atoms with van der Waals surface area (Å²) in [5.74, 6) is -0.422. The molecule has 0 radical (unpaired) electrons. The highest BCUT2D eigenvalue weighted by Crippen LogP contribution is 2.13. The molecule has 2 aromatic rings. The summed E-state index contributed by atoms with van der Waals surface area (Å²) in [6.45, 7) is 2.41. The number of rotatable bonds is 2. The van der Waals surface area contributed by atoms with Crippen LogP contribution in [0.3, 0.4) is 0 Å². The second-order valence-corrected chi connectivity index (χ2v) is 4.93. The number of nitrogens with zero attached hydrogens (tertiary/aromatic N) is 1. The SMILES string of the molecule is Cc1cccc(NC(=O)C2Cn3cccc3C(=O)N2)c1. The van der Waals surface area contributed by atoms with Gasteiger partial charge in [0.15, 0.2) is 0 Å². The Morgan fingerprint density at radius 3 is 3.00 bits per heavy atom. The summed E-state index contributed by atoms with van der Waals surface area (Å²) >= 11 is 0. The summed E-state index contributed by atoms with van der Waals surface area (Å²) in [4.78, 5) is 24.1. The zero-order valence-electron chi connectivity index (χ0n) is 11.1. The summed E-state index contributed by atoms with van der Waals surface area (Å²) in [6.07, 6.45) is 1.81. The number of aryl methyl sites for hydroxylation is 1. The van der Waals surface area contributed by atoms with Crippen LogP contribution < -0.4 is 10.6 Å². The lowest BCUT2D eigenvalue weighted by molar-refractivity contribution is -0.118. The first-order chi connectivity index (χ1) is 9.63. The molecule has 5 nitrogen and oxygen atoms in total. The number of fused-ring (bicyclic) bond motifs is 1. The molecule has 102 valence electrons. The minimum atomic E-state index is -0.553. The summed E-state index contributed by atoms with van der Waals surface area (Å²) < 4.78 is 1.79. The van der Waals surface area contributed by atoms with Crippen LogP contribution in [-0.4, -0.2) is 22.4 Å². The highest BCUT2D eigenvalue weighted by Gasteiger charge is 2.28. The van der Waals surface area contributed by atoms with Crippen LogP contribution in [0, 0.1) is 6.92 Å². The van der Waals surface area contributed by atoms with Crippen molar-refractivity contribution in [3.8, 4) is 0 Å². The maximum Gasteiger partial charge on any atom is 0.268 e. The molecule has 1 aromatic carbocycles. The molecule has 20 heavy (non-hydrogen) atoms. The van der Waals surface area contributed by atoms with Crippen LogP contribution >= 0.6 is 0 Å². The van der Waals surface area contributed by atoms with Gasteiger partial charge in [0.05, 0.1) is 6.54 Å². The van der Waals surface area contributed by atoms with Crippen molar-refractivity contribution < 1.29 is 9.59 Å². The lowest BCUT2D eigenvalue weighted by atomic mass is 10.1. The minimum absolute atomic E-state index is 0.205. The van der Waals surface area contributed by atoms with Gasteiger partial charge < -0.3 is 15.2 Å². The molecule has 0 saturated carbocycles. The molecule has 0 bridgehead atoms. The molecule has 0 fully saturated rings. The van der Waals surface area contributed by atoms with Gasteiger partial charge in [-0.1, -0.05) is 12.1 Å². The molecule has 5 heteroatoms. The quantitative estimate of drug-likeness (QED) is 0.868. The molecular weight excluding hydrogens is 254 g/mol. The number of hydrogen-bond acceptors (Lipinski definition) is 2. The Hall–Kier alpha value is -2.56. The maximum absolute atomic E-state index is 12.2. The van der Waals surface area contributed by atoms with Gasteiger partial charge in [0.2, 0.25) is 5.91 Å². The van der Waals surface area contributed by atoms with E-state index in [1.807, 2.05) is 31.2 Å². The van der Waals surface area contributed by atoms with Crippen LogP contribution in [0.2, 0.25) is 0 Å². The van der Waals surface area contributed by atoms with Gasteiger partial charge >= 0.3 is 0 Å². The molecule has 0 aliphatic carbocycles. The number of hydrogen-bond donors (Lipinski definition) is 2. The summed E-state index contributed by atoms with van der Waals surface area (Å²) in [5, 5.41) is 5.55. The lowest BCUT2D eigenvalue weighted by Gasteiger charge is -2.24. The van der Waals surface area contributed by atoms with Crippen molar-refractivity contribution in [3.63, 3.8) is 0 Å². The maximum atomic E-state index is 12.2. The van der Waals surface area contributed by atoms with Crippen LogP contribution in [0.25, 0.3) is 0 Å². The van der Waals surface area contributed by atoms with E-state index in [1.165, 1.54) is 0 Å². The van der Waals surface area contributed by atoms with Gasteiger partial charge in [0.25, 0.3) is 5.91 Å². The lowest BCUT2D eigenvalue weighted by Crippen LogP contribution is -2.50. The second kappa shape index (κ2) is 4.85. The van der Waals surface area contributed by atoms with E-state index in [0.717, 1.165) is 11.3 Å². The first-order valence-electron chi connectivity index (χ1n) is 6.47. The van der Waals surface area contributed by atoms with Crippen LogP contribution in [-0.2, 0) is 11.3 Å². The highest BCUT2D eigenvalue weighted by atomic mass is 16.2. The predicted octanol–water partition coefficient (Wildman–Crippen LogP) is 1.55. The fourth-order valence-electron chi connectivity index (χ4n) is 2.35. The number of benzene rings is 1. The Balaban J connectivity index is 1.74. The summed E-state index contributed by atoms with van der Waals surface area (Å²) in [7, 11) is 0. The predicted molar refractivity (Wildman–Crippen MR) is 75.5 cm³/mol. The number of amides is 2. The van der Waals surface area contributed by atoms with Gasteiger partial charge in [-0.15, -0.1) is 0 Å². The van der Waals surface area contributed by atoms with E-state index < -0.39 is 6.04 Å². The number of anilines is 1. The van der Waals surface area contributed by atoms with E-state index >= 15 is 0 Å². The number of carbonyl (C=O) groups excluding carboxylic acids is 2. The molecule has 2 heterocycles. The Morgan fingerprint density at radius 1 is 1.35 bits per heavy atom. The first-order valence-corrected chi connectivity index (χ1v) is 6.47. The standard InChI is InChI=1S/C15H15N3O2/c1-10-4-2-5-11(8-10)16-14(19)12-9-18-7-3-6-13(18)15(20)17-12/h2-8,12H,9H2,1H3,(H,16,19)(H,17,20). The van der Waals surface area contributed by atoms with Crippen LogP contribution in [0.5, 0.6) is 0 Å². The van der Waals surface area contributed by atoms with Crippen molar-refractivity contribution in [1.29, 1.82) is 0 Å². The van der Waals surface area contributed by atoms with E-state index in [1.54, 1.807) is 22.9 Å². The van der Waals surface area contributed by atoms with Crippen LogP contribution in [0.4, 0.5) is 5.69 Å². The van der Waals surface area contributed by atoms with Crippen molar-refractivity contribution >= 4 is 17.5 Å². The third kappa shape index (κ3) is 2.30. The molecule has 1 atom stereocenters. The molecular formula is C15H15N3O2. The normalized spacial score (nSPS) is 17.2. The Kier molecular flexibility index (Phi) is 3.02. The zero-order chi connectivity index (χ0) is 14.1. The summed E-state index contributed by atoms with van der Waals surface area (Å²) in [5.41, 5.74) is 2.40. The highest BCUT2D eigenvalue weighted by molar-refractivity contribution is 6.01. The number of nitrogens with one attached hydrogen (secondary N) is 2. The average Bonchev–Trinajstić information content (AvgIpc) is 2.87. The van der Waals surface area contributed by atoms with E-state index in [2.05, 4.69) is 10.6 Å². The Labute approximate surface area is 116 Å². The fourth-order valence-corrected chi connectivity index (χ4v) is 2.35. The van der Waals surface area contributed by atoms with Gasteiger partial charge in [-0.2, -0.15) is 0 Å². The van der Waals surface area contributed by atoms with Crippen molar-refractivity contribution in [1.82, 2.24) is 9.88 Å². The number of carbonyl (C=O) groups is 2. The summed E-state index contributed by atoms with van der Waals surface area (Å²) in [6, 6.07) is 10.6. The van der Waals surface area contributed by atoms with Gasteiger partial charge in [-0.05, 0) is 36.8 Å². The monoisotopic (exact) mass is 269 g/mol. The van der Waals surface area contributed by atoms with E-state index in [4.69, 9.17) is 0 Å².